The van der Waals surface area contributed by atoms with Crippen LogP contribution in [0.25, 0.3) is 5.50 Å². The van der Waals surface area contributed by atoms with Crippen molar-refractivity contribution in [3.8, 4) is 0 Å². The van der Waals surface area contributed by atoms with E-state index in [9.17, 15) is 4.57 Å². The molecule has 0 aliphatic rings. The summed E-state index contributed by atoms with van der Waals surface area (Å²) in [4.78, 5) is 0. The Bertz CT molecular complexity index is 144. The largest absolute Gasteiger partial charge is 0.571 e. The molecule has 0 radical (unpaired) electrons. The summed E-state index contributed by atoms with van der Waals surface area (Å²) in [5, 5.41) is 0. The summed E-state index contributed by atoms with van der Waals surface area (Å²) >= 11 is 0. The van der Waals surface area contributed by atoms with Crippen LogP contribution in [0.2, 0.25) is 0 Å². The van der Waals surface area contributed by atoms with Crippen molar-refractivity contribution in [3.63, 3.8) is 0 Å². The van der Waals surface area contributed by atoms with Crippen molar-refractivity contribution in [2.45, 2.75) is 39.9 Å². The van der Waals surface area contributed by atoms with Gasteiger partial charge in [0.05, 0.1) is 12.2 Å². The summed E-state index contributed by atoms with van der Waals surface area (Å²) in [6.07, 6.45) is -0.478. The predicted molar refractivity (Wildman–Crippen MR) is 44.4 cm³/mol. The molecule has 5 heteroatoms. The maximum atomic E-state index is 11.1. The fraction of sp³-hybridized carbons (Fsp3) is 1.00. The van der Waals surface area contributed by atoms with Gasteiger partial charge in [-0.05, 0) is 27.7 Å². The van der Waals surface area contributed by atoms with Gasteiger partial charge in [-0.1, -0.05) is 0 Å². The van der Waals surface area contributed by atoms with Crippen LogP contribution >= 0.6 is 7.75 Å². The average molecular weight is 180 g/mol. The molecular formula is C6H15NO3P-. The molecule has 1 N–H and O–H groups in total. The summed E-state index contributed by atoms with van der Waals surface area (Å²) in [7, 11) is -3.55. The Labute approximate surface area is 67.7 Å². The van der Waals surface area contributed by atoms with Crippen LogP contribution in [-0.2, 0) is 13.6 Å². The van der Waals surface area contributed by atoms with E-state index in [-0.39, 0.29) is 12.2 Å². The van der Waals surface area contributed by atoms with Gasteiger partial charge in [0.1, 0.15) is 0 Å². The van der Waals surface area contributed by atoms with E-state index < -0.39 is 7.75 Å². The molecule has 68 valence electrons. The third-order valence-corrected chi connectivity index (χ3v) is 2.10. The molecule has 0 heterocycles. The number of rotatable bonds is 4. The quantitative estimate of drug-likeness (QED) is 0.625. The minimum absolute atomic E-state index is 0.239. The highest BCUT2D eigenvalue weighted by Gasteiger charge is 2.12. The number of nitrogens with one attached hydrogen (secondary N) is 1. The van der Waals surface area contributed by atoms with Crippen molar-refractivity contribution in [3.05, 3.63) is 5.50 Å². The molecule has 0 spiro atoms. The maximum absolute atomic E-state index is 11.1. The third kappa shape index (κ3) is 6.51. The van der Waals surface area contributed by atoms with E-state index in [0.717, 1.165) is 0 Å². The zero-order valence-electron chi connectivity index (χ0n) is 7.33. The Morgan fingerprint density at radius 2 is 1.36 bits per heavy atom. The van der Waals surface area contributed by atoms with Crippen molar-refractivity contribution in [2.24, 2.45) is 0 Å². The molecule has 0 aromatic heterocycles. The molecule has 0 rings (SSSR count). The highest BCUT2D eigenvalue weighted by Crippen LogP contribution is 2.50. The van der Waals surface area contributed by atoms with E-state index >= 15 is 0 Å². The second-order valence-electron chi connectivity index (χ2n) is 2.81. The fourth-order valence-electron chi connectivity index (χ4n) is 0.580. The minimum Gasteiger partial charge on any atom is -0.571 e. The monoisotopic (exact) mass is 180 g/mol. The number of hydrogen-bond donors (Lipinski definition) is 0. The number of hydrogen-bond acceptors (Lipinski definition) is 3. The topological polar surface area (TPSA) is 59.3 Å². The van der Waals surface area contributed by atoms with Gasteiger partial charge in [-0.25, -0.2) is 0 Å². The first kappa shape index (κ1) is 11.1. The van der Waals surface area contributed by atoms with Crippen molar-refractivity contribution < 1.29 is 13.6 Å². The van der Waals surface area contributed by atoms with Crippen LogP contribution in [0.4, 0.5) is 0 Å². The smallest absolute Gasteiger partial charge is 0.240 e. The van der Waals surface area contributed by atoms with Gasteiger partial charge in [-0.15, -0.1) is 0 Å². The van der Waals surface area contributed by atoms with Crippen LogP contribution in [0.5, 0.6) is 0 Å². The first-order valence-electron chi connectivity index (χ1n) is 3.55. The zero-order chi connectivity index (χ0) is 9.07. The fourth-order valence-corrected chi connectivity index (χ4v) is 1.74. The predicted octanol–water partition coefficient (Wildman–Crippen LogP) is 3.00. The minimum atomic E-state index is -3.55. The lowest BCUT2D eigenvalue weighted by atomic mass is 10.5. The molecule has 0 aromatic carbocycles. The summed E-state index contributed by atoms with van der Waals surface area (Å²) < 4.78 is 20.6. The third-order valence-electron chi connectivity index (χ3n) is 0.699. The van der Waals surface area contributed by atoms with Crippen molar-refractivity contribution >= 4 is 7.75 Å². The molecule has 0 unspecified atom stereocenters. The van der Waals surface area contributed by atoms with Gasteiger partial charge < -0.3 is 14.6 Å². The Balaban J connectivity index is 3.91. The lowest BCUT2D eigenvalue weighted by Crippen LogP contribution is -2.04. The van der Waals surface area contributed by atoms with Crippen LogP contribution in [0.15, 0.2) is 0 Å². The van der Waals surface area contributed by atoms with Gasteiger partial charge in [0.2, 0.25) is 7.75 Å². The Kier molecular flexibility index (Phi) is 4.26. The van der Waals surface area contributed by atoms with Crippen molar-refractivity contribution in [1.29, 1.82) is 0 Å². The molecule has 0 aliphatic heterocycles. The molecule has 0 aromatic rings. The molecule has 11 heavy (non-hydrogen) atoms. The highest BCUT2D eigenvalue weighted by molar-refractivity contribution is 7.55. The second-order valence-corrected chi connectivity index (χ2v) is 4.22. The summed E-state index contributed by atoms with van der Waals surface area (Å²) in [5.74, 6) is 0. The van der Waals surface area contributed by atoms with E-state index in [1.54, 1.807) is 27.7 Å². The molecule has 0 aliphatic carbocycles. The molecule has 0 amide bonds. The van der Waals surface area contributed by atoms with Gasteiger partial charge in [-0.3, -0.25) is 4.57 Å². The normalized spacial score (nSPS) is 13.0. The van der Waals surface area contributed by atoms with Gasteiger partial charge >= 0.3 is 0 Å². The Hall–Kier alpha value is 0.110. The van der Waals surface area contributed by atoms with Crippen LogP contribution in [0.3, 0.4) is 0 Å². The van der Waals surface area contributed by atoms with Gasteiger partial charge in [0, 0.05) is 0 Å². The van der Waals surface area contributed by atoms with E-state index in [0.29, 0.717) is 0 Å². The van der Waals surface area contributed by atoms with Gasteiger partial charge in [0.15, 0.2) is 0 Å². The van der Waals surface area contributed by atoms with E-state index in [2.05, 4.69) is 0 Å². The standard InChI is InChI=1S/C6H15NO3P/c1-5(2)9-11(7,8)10-6(3)4/h5-6H,1-4H3,(H-,7,8)/q-1. The second kappa shape index (κ2) is 4.21. The summed E-state index contributed by atoms with van der Waals surface area (Å²) in [6.45, 7) is 6.85. The summed E-state index contributed by atoms with van der Waals surface area (Å²) in [6, 6.07) is 0. The van der Waals surface area contributed by atoms with Crippen LogP contribution in [-0.4, -0.2) is 12.2 Å². The van der Waals surface area contributed by atoms with E-state index in [1.165, 1.54) is 0 Å². The van der Waals surface area contributed by atoms with Crippen molar-refractivity contribution in [2.75, 3.05) is 0 Å². The zero-order valence-corrected chi connectivity index (χ0v) is 8.22. The van der Waals surface area contributed by atoms with Crippen LogP contribution in [0, 0.1) is 0 Å². The lowest BCUT2D eigenvalue weighted by Gasteiger charge is -2.25. The molecule has 0 bridgehead atoms. The molecule has 0 atom stereocenters. The Morgan fingerprint density at radius 1 is 1.09 bits per heavy atom. The van der Waals surface area contributed by atoms with Crippen molar-refractivity contribution in [1.82, 2.24) is 0 Å². The van der Waals surface area contributed by atoms with E-state index in [4.69, 9.17) is 14.6 Å². The van der Waals surface area contributed by atoms with E-state index in [1.807, 2.05) is 0 Å². The Morgan fingerprint density at radius 3 is 1.55 bits per heavy atom. The summed E-state index contributed by atoms with van der Waals surface area (Å²) in [5.41, 5.74) is 7.10. The molecular weight excluding hydrogens is 165 g/mol. The molecule has 0 saturated carbocycles. The molecule has 0 saturated heterocycles. The first-order valence-corrected chi connectivity index (χ1v) is 5.09. The molecule has 4 nitrogen and oxygen atoms in total. The highest BCUT2D eigenvalue weighted by atomic mass is 31.2. The van der Waals surface area contributed by atoms with Crippen LogP contribution in [0.1, 0.15) is 27.7 Å². The first-order chi connectivity index (χ1) is 4.83. The molecule has 0 fully saturated rings. The van der Waals surface area contributed by atoms with Crippen LogP contribution < -0.4 is 0 Å². The van der Waals surface area contributed by atoms with Gasteiger partial charge in [0.25, 0.3) is 0 Å². The SMILES string of the molecule is CC(C)OP([NH-])(=O)OC(C)C. The lowest BCUT2D eigenvalue weighted by molar-refractivity contribution is 0.149. The average Bonchev–Trinajstić information content (AvgIpc) is 1.53. The van der Waals surface area contributed by atoms with Gasteiger partial charge in [-0.2, -0.15) is 0 Å². The maximum Gasteiger partial charge on any atom is 0.240 e.